The lowest BCUT2D eigenvalue weighted by Crippen LogP contribution is -1.97. The predicted octanol–water partition coefficient (Wildman–Crippen LogP) is 12.2. The normalized spacial score (nSPS) is 11.4. The van der Waals surface area contributed by atoms with Gasteiger partial charge < -0.3 is 9.47 Å². The van der Waals surface area contributed by atoms with E-state index >= 15 is 0 Å². The van der Waals surface area contributed by atoms with E-state index in [4.69, 9.17) is 29.4 Å². The van der Waals surface area contributed by atoms with Crippen molar-refractivity contribution in [2.75, 3.05) is 14.2 Å². The molecule has 0 N–H and O–H groups in total. The van der Waals surface area contributed by atoms with Crippen LogP contribution in [0.1, 0.15) is 0 Å². The molecule has 6 nitrogen and oxygen atoms in total. The first-order valence-corrected chi connectivity index (χ1v) is 18.5. The monoisotopic (exact) mass is 722 g/mol. The molecule has 6 aromatic carbocycles. The lowest BCUT2D eigenvalue weighted by molar-refractivity contribution is 0.424. The molecule has 0 saturated carbocycles. The van der Waals surface area contributed by atoms with Crippen LogP contribution in [0.4, 0.5) is 0 Å². The zero-order valence-corrected chi connectivity index (χ0v) is 30.8. The summed E-state index contributed by atoms with van der Waals surface area (Å²) in [6, 6.07) is 50.3. The number of rotatable bonds is 7. The van der Waals surface area contributed by atoms with Crippen molar-refractivity contribution < 1.29 is 9.47 Å². The number of fused-ring (bicyclic) bond motifs is 4. The third kappa shape index (κ3) is 5.50. The Balaban J connectivity index is 1.40. The molecule has 0 aliphatic carbocycles. The standard InChI is InChI=1S/C50H34N4O2/c1-55-49-37-21-17-31(43-11-3-7-23-51-43)27-39(37)47(35-19-15-33(29-41(35)49)45-13-5-9-25-53-45)48-36-20-16-34(46-14-6-10-26-54-46)30-42(36)50(56-2)38-22-18-32(28-40(38)48)44-12-4-8-24-52-44/h3-30H,1-2H3. The van der Waals surface area contributed by atoms with E-state index in [1.807, 2.05) is 85.5 Å². The molecular formula is C50H34N4O2. The van der Waals surface area contributed by atoms with Gasteiger partial charge in [-0.05, 0) is 118 Å². The van der Waals surface area contributed by atoms with Gasteiger partial charge in [0.05, 0.1) is 37.0 Å². The molecule has 4 heterocycles. The predicted molar refractivity (Wildman–Crippen MR) is 228 cm³/mol. The molecule has 6 heteroatoms. The molecule has 0 saturated heterocycles. The Morgan fingerprint density at radius 2 is 0.607 bits per heavy atom. The van der Waals surface area contributed by atoms with E-state index in [-0.39, 0.29) is 0 Å². The first-order chi connectivity index (χ1) is 27.7. The van der Waals surface area contributed by atoms with Gasteiger partial charge in [0.25, 0.3) is 0 Å². The van der Waals surface area contributed by atoms with E-state index in [1.54, 1.807) is 14.2 Å². The van der Waals surface area contributed by atoms with Gasteiger partial charge in [-0.3, -0.25) is 19.9 Å². The number of pyridine rings is 4. The molecule has 4 aromatic heterocycles. The Morgan fingerprint density at radius 3 is 0.893 bits per heavy atom. The van der Waals surface area contributed by atoms with Gasteiger partial charge in [-0.2, -0.15) is 0 Å². The van der Waals surface area contributed by atoms with Crippen LogP contribution in [-0.2, 0) is 0 Å². The van der Waals surface area contributed by atoms with Crippen LogP contribution in [0.2, 0.25) is 0 Å². The third-order valence-electron chi connectivity index (χ3n) is 10.6. The first kappa shape index (κ1) is 33.2. The van der Waals surface area contributed by atoms with Crippen LogP contribution in [0.5, 0.6) is 11.5 Å². The van der Waals surface area contributed by atoms with Crippen molar-refractivity contribution in [1.82, 2.24) is 19.9 Å². The molecule has 0 amide bonds. The third-order valence-corrected chi connectivity index (χ3v) is 10.6. The van der Waals surface area contributed by atoms with E-state index in [0.717, 1.165) is 111 Å². The maximum absolute atomic E-state index is 6.35. The number of benzene rings is 6. The molecule has 0 fully saturated rings. The molecule has 266 valence electrons. The minimum absolute atomic E-state index is 0.804. The lowest BCUT2D eigenvalue weighted by Gasteiger charge is -2.22. The number of hydrogen-bond donors (Lipinski definition) is 0. The average Bonchev–Trinajstić information content (AvgIpc) is 3.28. The molecule has 0 radical (unpaired) electrons. The van der Waals surface area contributed by atoms with Crippen LogP contribution in [0.25, 0.3) is 99.2 Å². The van der Waals surface area contributed by atoms with Gasteiger partial charge >= 0.3 is 0 Å². The number of methoxy groups -OCH3 is 2. The quantitative estimate of drug-likeness (QED) is 0.153. The van der Waals surface area contributed by atoms with Crippen LogP contribution in [-0.4, -0.2) is 34.2 Å². The van der Waals surface area contributed by atoms with Crippen LogP contribution < -0.4 is 9.47 Å². The Bertz CT molecular complexity index is 2870. The second kappa shape index (κ2) is 13.8. The van der Waals surface area contributed by atoms with E-state index in [9.17, 15) is 0 Å². The summed E-state index contributed by atoms with van der Waals surface area (Å²) in [5.74, 6) is 1.61. The van der Waals surface area contributed by atoms with Crippen molar-refractivity contribution >= 4 is 43.1 Å². The Labute approximate surface area is 323 Å². The maximum atomic E-state index is 6.35. The molecular weight excluding hydrogens is 689 g/mol. The fraction of sp³-hybridized carbons (Fsp3) is 0.0400. The van der Waals surface area contributed by atoms with Crippen molar-refractivity contribution in [2.45, 2.75) is 0 Å². The molecule has 56 heavy (non-hydrogen) atoms. The van der Waals surface area contributed by atoms with Crippen LogP contribution in [0, 0.1) is 0 Å². The number of hydrogen-bond acceptors (Lipinski definition) is 6. The van der Waals surface area contributed by atoms with Gasteiger partial charge in [0, 0.05) is 68.6 Å². The van der Waals surface area contributed by atoms with E-state index in [1.165, 1.54) is 0 Å². The largest absolute Gasteiger partial charge is 0.495 e. The van der Waals surface area contributed by atoms with Crippen LogP contribution in [0.15, 0.2) is 170 Å². The highest BCUT2D eigenvalue weighted by molar-refractivity contribution is 6.27. The van der Waals surface area contributed by atoms with Crippen molar-refractivity contribution in [3.8, 4) is 67.7 Å². The Kier molecular flexibility index (Phi) is 8.15. The summed E-state index contributed by atoms with van der Waals surface area (Å²) in [4.78, 5) is 18.9. The minimum atomic E-state index is 0.804. The van der Waals surface area contributed by atoms with E-state index in [0.29, 0.717) is 0 Å². The summed E-state index contributed by atoms with van der Waals surface area (Å²) in [6.07, 6.45) is 7.33. The highest BCUT2D eigenvalue weighted by Gasteiger charge is 2.24. The summed E-state index contributed by atoms with van der Waals surface area (Å²) in [7, 11) is 3.51. The van der Waals surface area contributed by atoms with Crippen molar-refractivity contribution in [3.05, 3.63) is 170 Å². The van der Waals surface area contributed by atoms with Crippen molar-refractivity contribution in [1.29, 1.82) is 0 Å². The zero-order chi connectivity index (χ0) is 37.6. The minimum Gasteiger partial charge on any atom is -0.495 e. The summed E-state index contributed by atoms with van der Waals surface area (Å²) in [5, 5.41) is 8.18. The van der Waals surface area contributed by atoms with Crippen molar-refractivity contribution in [3.63, 3.8) is 0 Å². The molecule has 0 atom stereocenters. The van der Waals surface area contributed by atoms with Gasteiger partial charge in [-0.25, -0.2) is 0 Å². The molecule has 0 aliphatic heterocycles. The summed E-state index contributed by atoms with van der Waals surface area (Å²) < 4.78 is 12.7. The Hall–Kier alpha value is -7.44. The SMILES string of the molecule is COc1c2cc(-c3ccccn3)ccc2c(-c2c3ccc(-c4ccccn4)cc3c(OC)c3ccc(-c4ccccn4)cc23)c2cc(-c3ccccn3)ccc12. The van der Waals surface area contributed by atoms with E-state index < -0.39 is 0 Å². The van der Waals surface area contributed by atoms with Crippen molar-refractivity contribution in [2.24, 2.45) is 0 Å². The number of ether oxygens (including phenoxy) is 2. The lowest BCUT2D eigenvalue weighted by atomic mass is 9.83. The van der Waals surface area contributed by atoms with Gasteiger partial charge in [-0.15, -0.1) is 0 Å². The molecule has 0 bridgehead atoms. The van der Waals surface area contributed by atoms with Crippen LogP contribution in [0.3, 0.4) is 0 Å². The van der Waals surface area contributed by atoms with Gasteiger partial charge in [-0.1, -0.05) is 60.7 Å². The smallest absolute Gasteiger partial charge is 0.134 e. The average molecular weight is 723 g/mol. The van der Waals surface area contributed by atoms with E-state index in [2.05, 4.69) is 84.9 Å². The second-order valence-electron chi connectivity index (χ2n) is 13.7. The van der Waals surface area contributed by atoms with Gasteiger partial charge in [0.1, 0.15) is 11.5 Å². The fourth-order valence-electron chi connectivity index (χ4n) is 8.13. The highest BCUT2D eigenvalue weighted by Crippen LogP contribution is 2.51. The zero-order valence-electron chi connectivity index (χ0n) is 30.8. The molecule has 0 unspecified atom stereocenters. The molecule has 0 spiro atoms. The second-order valence-corrected chi connectivity index (χ2v) is 13.7. The molecule has 10 aromatic rings. The number of nitrogens with zero attached hydrogens (tertiary/aromatic N) is 4. The van der Waals surface area contributed by atoms with Gasteiger partial charge in [0.15, 0.2) is 0 Å². The summed E-state index contributed by atoms with van der Waals surface area (Å²) in [6.45, 7) is 0. The van der Waals surface area contributed by atoms with Crippen LogP contribution >= 0.6 is 0 Å². The summed E-state index contributed by atoms with van der Waals surface area (Å²) in [5.41, 5.74) is 9.79. The first-order valence-electron chi connectivity index (χ1n) is 18.5. The number of aromatic nitrogens is 4. The maximum Gasteiger partial charge on any atom is 0.134 e. The van der Waals surface area contributed by atoms with Gasteiger partial charge in [0.2, 0.25) is 0 Å². The highest BCUT2D eigenvalue weighted by atomic mass is 16.5. The summed E-state index contributed by atoms with van der Waals surface area (Å²) >= 11 is 0. The fourth-order valence-corrected chi connectivity index (χ4v) is 8.13. The topological polar surface area (TPSA) is 70.0 Å². The molecule has 0 aliphatic rings. The Morgan fingerprint density at radius 1 is 0.304 bits per heavy atom. The molecule has 10 rings (SSSR count).